The Hall–Kier alpha value is -1.88. The van der Waals surface area contributed by atoms with Crippen LogP contribution in [0.1, 0.15) is 11.3 Å². The maximum atomic E-state index is 10.8. The molecular formula is C11H9ClN2O3. The van der Waals surface area contributed by atoms with E-state index in [9.17, 15) is 10.1 Å². The number of halogens is 1. The Balaban J connectivity index is 2.46. The molecule has 1 aromatic heterocycles. The number of rotatable bonds is 3. The molecule has 0 unspecified atom stereocenters. The smallest absolute Gasteiger partial charge is 0.273 e. The number of hydrogen-bond acceptors (Lipinski definition) is 4. The Bertz CT molecular complexity index is 566. The molecule has 1 aromatic carbocycles. The molecule has 0 fully saturated rings. The van der Waals surface area contributed by atoms with E-state index >= 15 is 0 Å². The molecule has 0 radical (unpaired) electrons. The van der Waals surface area contributed by atoms with Gasteiger partial charge in [0.05, 0.1) is 16.5 Å². The van der Waals surface area contributed by atoms with Gasteiger partial charge in [0.25, 0.3) is 5.69 Å². The molecule has 0 bridgehead atoms. The summed E-state index contributed by atoms with van der Waals surface area (Å²) in [6.07, 6.45) is 0. The van der Waals surface area contributed by atoms with E-state index in [1.807, 2.05) is 0 Å². The van der Waals surface area contributed by atoms with Crippen LogP contribution in [0.2, 0.25) is 0 Å². The van der Waals surface area contributed by atoms with E-state index in [-0.39, 0.29) is 11.6 Å². The van der Waals surface area contributed by atoms with Gasteiger partial charge < -0.3 is 4.52 Å². The molecule has 17 heavy (non-hydrogen) atoms. The van der Waals surface area contributed by atoms with Gasteiger partial charge in [-0.3, -0.25) is 10.1 Å². The molecule has 0 saturated heterocycles. The van der Waals surface area contributed by atoms with Crippen molar-refractivity contribution in [2.45, 2.75) is 12.8 Å². The van der Waals surface area contributed by atoms with Crippen molar-refractivity contribution in [3.8, 4) is 11.3 Å². The van der Waals surface area contributed by atoms with Crippen molar-refractivity contribution in [1.29, 1.82) is 0 Å². The molecule has 2 rings (SSSR count). The molecule has 88 valence electrons. The van der Waals surface area contributed by atoms with Crippen LogP contribution in [0.4, 0.5) is 5.69 Å². The Morgan fingerprint density at radius 3 is 2.82 bits per heavy atom. The first-order valence-electron chi connectivity index (χ1n) is 4.89. The second-order valence-electron chi connectivity index (χ2n) is 3.57. The van der Waals surface area contributed by atoms with Crippen molar-refractivity contribution in [3.63, 3.8) is 0 Å². The summed E-state index contributed by atoms with van der Waals surface area (Å²) in [7, 11) is 0. The lowest BCUT2D eigenvalue weighted by atomic mass is 10.1. The first kappa shape index (κ1) is 11.6. The second-order valence-corrected chi connectivity index (χ2v) is 3.84. The van der Waals surface area contributed by atoms with Crippen LogP contribution >= 0.6 is 11.6 Å². The number of nitro groups is 1. The molecule has 2 aromatic rings. The number of benzene rings is 1. The summed E-state index contributed by atoms with van der Waals surface area (Å²) in [5.41, 5.74) is 1.89. The highest BCUT2D eigenvalue weighted by molar-refractivity contribution is 6.16. The second kappa shape index (κ2) is 4.55. The fourth-order valence-corrected chi connectivity index (χ4v) is 1.60. The van der Waals surface area contributed by atoms with Crippen LogP contribution in [0.3, 0.4) is 0 Å². The third-order valence-electron chi connectivity index (χ3n) is 2.39. The van der Waals surface area contributed by atoms with Gasteiger partial charge in [0.2, 0.25) is 0 Å². The summed E-state index contributed by atoms with van der Waals surface area (Å²) < 4.78 is 5.06. The third kappa shape index (κ3) is 2.29. The summed E-state index contributed by atoms with van der Waals surface area (Å²) in [6, 6.07) is 6.56. The van der Waals surface area contributed by atoms with Gasteiger partial charge in [-0.2, -0.15) is 0 Å². The molecule has 0 atom stereocenters. The standard InChI is InChI=1S/C11H9ClN2O3/c1-7-2-3-8(4-10(7)14(15)16)11-5-9(6-12)13-17-11/h2-5H,6H2,1H3. The Kier molecular flexibility index (Phi) is 3.10. The summed E-state index contributed by atoms with van der Waals surface area (Å²) in [6.45, 7) is 1.69. The van der Waals surface area contributed by atoms with E-state index in [2.05, 4.69) is 5.16 Å². The van der Waals surface area contributed by atoms with Gasteiger partial charge in [-0.05, 0) is 6.92 Å². The first-order valence-corrected chi connectivity index (χ1v) is 5.42. The predicted molar refractivity (Wildman–Crippen MR) is 62.9 cm³/mol. The minimum Gasteiger partial charge on any atom is -0.356 e. The van der Waals surface area contributed by atoms with Gasteiger partial charge in [-0.25, -0.2) is 0 Å². The molecule has 0 aliphatic rings. The molecule has 1 heterocycles. The molecule has 0 N–H and O–H groups in total. The topological polar surface area (TPSA) is 69.2 Å². The largest absolute Gasteiger partial charge is 0.356 e. The monoisotopic (exact) mass is 252 g/mol. The minimum absolute atomic E-state index is 0.0614. The minimum atomic E-state index is -0.419. The van der Waals surface area contributed by atoms with E-state index in [1.54, 1.807) is 25.1 Å². The zero-order valence-electron chi connectivity index (χ0n) is 9.01. The maximum Gasteiger partial charge on any atom is 0.273 e. The Morgan fingerprint density at radius 2 is 2.24 bits per heavy atom. The van der Waals surface area contributed by atoms with Crippen molar-refractivity contribution in [2.75, 3.05) is 0 Å². The molecule has 5 nitrogen and oxygen atoms in total. The van der Waals surface area contributed by atoms with Gasteiger partial charge in [0, 0.05) is 23.3 Å². The van der Waals surface area contributed by atoms with Crippen LogP contribution in [0, 0.1) is 17.0 Å². The van der Waals surface area contributed by atoms with Gasteiger partial charge in [0.15, 0.2) is 5.76 Å². The summed E-state index contributed by atoms with van der Waals surface area (Å²) in [4.78, 5) is 10.4. The quantitative estimate of drug-likeness (QED) is 0.477. The molecule has 0 saturated carbocycles. The van der Waals surface area contributed by atoms with Crippen molar-refractivity contribution in [1.82, 2.24) is 5.16 Å². The lowest BCUT2D eigenvalue weighted by molar-refractivity contribution is -0.385. The van der Waals surface area contributed by atoms with Crippen molar-refractivity contribution in [3.05, 3.63) is 45.6 Å². The highest BCUT2D eigenvalue weighted by Crippen LogP contribution is 2.27. The van der Waals surface area contributed by atoms with Crippen LogP contribution in [-0.4, -0.2) is 10.1 Å². The van der Waals surface area contributed by atoms with E-state index in [0.29, 0.717) is 22.6 Å². The molecule has 0 amide bonds. The zero-order valence-corrected chi connectivity index (χ0v) is 9.77. The lowest BCUT2D eigenvalue weighted by Crippen LogP contribution is -1.91. The molecular weight excluding hydrogens is 244 g/mol. The number of nitro benzene ring substituents is 1. The maximum absolute atomic E-state index is 10.8. The van der Waals surface area contributed by atoms with Crippen molar-refractivity contribution >= 4 is 17.3 Å². The normalized spacial score (nSPS) is 10.5. The van der Waals surface area contributed by atoms with Gasteiger partial charge in [-0.15, -0.1) is 11.6 Å². The Labute approximate surface area is 102 Å². The van der Waals surface area contributed by atoms with Gasteiger partial charge in [0.1, 0.15) is 0 Å². The molecule has 0 spiro atoms. The van der Waals surface area contributed by atoms with Crippen LogP contribution in [0.25, 0.3) is 11.3 Å². The van der Waals surface area contributed by atoms with E-state index in [1.165, 1.54) is 6.07 Å². The predicted octanol–water partition coefficient (Wildman–Crippen LogP) is 3.30. The van der Waals surface area contributed by atoms with Crippen LogP contribution in [-0.2, 0) is 5.88 Å². The van der Waals surface area contributed by atoms with E-state index < -0.39 is 4.92 Å². The van der Waals surface area contributed by atoms with Crippen LogP contribution < -0.4 is 0 Å². The summed E-state index contributed by atoms with van der Waals surface area (Å²) >= 11 is 5.60. The first-order chi connectivity index (χ1) is 8.11. The van der Waals surface area contributed by atoms with Gasteiger partial charge >= 0.3 is 0 Å². The zero-order chi connectivity index (χ0) is 12.4. The highest BCUT2D eigenvalue weighted by atomic mass is 35.5. The average molecular weight is 253 g/mol. The SMILES string of the molecule is Cc1ccc(-c2cc(CCl)no2)cc1[N+](=O)[O-]. The fourth-order valence-electron chi connectivity index (χ4n) is 1.47. The average Bonchev–Trinajstić information content (AvgIpc) is 2.78. The third-order valence-corrected chi connectivity index (χ3v) is 2.66. The highest BCUT2D eigenvalue weighted by Gasteiger charge is 2.14. The molecule has 0 aliphatic carbocycles. The number of hydrogen-bond donors (Lipinski definition) is 0. The number of aromatic nitrogens is 1. The van der Waals surface area contributed by atoms with Crippen LogP contribution in [0.15, 0.2) is 28.8 Å². The fraction of sp³-hybridized carbons (Fsp3) is 0.182. The Morgan fingerprint density at radius 1 is 1.47 bits per heavy atom. The van der Waals surface area contributed by atoms with E-state index in [4.69, 9.17) is 16.1 Å². The summed E-state index contributed by atoms with van der Waals surface area (Å²) in [5.74, 6) is 0.723. The molecule has 0 aliphatic heterocycles. The number of nitrogens with zero attached hydrogens (tertiary/aromatic N) is 2. The van der Waals surface area contributed by atoms with Crippen molar-refractivity contribution in [2.24, 2.45) is 0 Å². The summed E-state index contributed by atoms with van der Waals surface area (Å²) in [5, 5.41) is 14.5. The number of aryl methyl sites for hydroxylation is 1. The van der Waals surface area contributed by atoms with Gasteiger partial charge in [-0.1, -0.05) is 17.3 Å². The molecule has 6 heteroatoms. The van der Waals surface area contributed by atoms with E-state index in [0.717, 1.165) is 0 Å². The lowest BCUT2D eigenvalue weighted by Gasteiger charge is -1.99. The number of alkyl halides is 1. The van der Waals surface area contributed by atoms with Crippen LogP contribution in [0.5, 0.6) is 0 Å². The van der Waals surface area contributed by atoms with Crippen molar-refractivity contribution < 1.29 is 9.45 Å².